The van der Waals surface area contributed by atoms with Crippen molar-refractivity contribution >= 4 is 33.1 Å². The molecule has 3 aromatic rings. The Morgan fingerprint density at radius 3 is 2.68 bits per heavy atom. The van der Waals surface area contributed by atoms with Crippen molar-refractivity contribution in [2.45, 2.75) is 39.8 Å². The van der Waals surface area contributed by atoms with Gasteiger partial charge in [-0.1, -0.05) is 48.6 Å². The lowest BCUT2D eigenvalue weighted by Gasteiger charge is -2.32. The molecule has 6 heteroatoms. The third-order valence-electron chi connectivity index (χ3n) is 4.93. The second-order valence-corrected chi connectivity index (χ2v) is 7.92. The predicted octanol–water partition coefficient (Wildman–Crippen LogP) is 4.00. The lowest BCUT2D eigenvalue weighted by atomic mass is 10.0. The molecule has 28 heavy (non-hydrogen) atoms. The van der Waals surface area contributed by atoms with Crippen molar-refractivity contribution in [1.82, 2.24) is 4.57 Å². The molecule has 0 radical (unpaired) electrons. The Bertz CT molecular complexity index is 1040. The first-order chi connectivity index (χ1) is 13.5. The number of anilines is 1. The summed E-state index contributed by atoms with van der Waals surface area (Å²) in [4.78, 5) is 27.6. The topological polar surface area (TPSA) is 51.5 Å². The number of aryl methyl sites for hydroxylation is 2. The molecule has 0 fully saturated rings. The summed E-state index contributed by atoms with van der Waals surface area (Å²) in [5.74, 6) is -0.112. The van der Waals surface area contributed by atoms with Crippen LogP contribution in [-0.4, -0.2) is 30.2 Å². The fourth-order valence-corrected chi connectivity index (χ4v) is 4.52. The van der Waals surface area contributed by atoms with Gasteiger partial charge in [0.05, 0.1) is 28.6 Å². The fourth-order valence-electron chi connectivity index (χ4n) is 3.63. The number of benzene rings is 2. The Hall–Kier alpha value is -2.44. The van der Waals surface area contributed by atoms with Crippen LogP contribution in [0.15, 0.2) is 47.3 Å². The molecule has 1 amide bonds. The van der Waals surface area contributed by atoms with E-state index in [1.165, 1.54) is 11.3 Å². The van der Waals surface area contributed by atoms with Gasteiger partial charge < -0.3 is 9.64 Å². The second-order valence-electron chi connectivity index (χ2n) is 6.93. The summed E-state index contributed by atoms with van der Waals surface area (Å²) in [6.07, 6.45) is 0.821. The van der Waals surface area contributed by atoms with E-state index in [0.29, 0.717) is 6.61 Å². The van der Waals surface area contributed by atoms with Gasteiger partial charge in [-0.3, -0.25) is 14.2 Å². The first-order valence-electron chi connectivity index (χ1n) is 9.45. The molecule has 148 valence electrons. The highest BCUT2D eigenvalue weighted by Gasteiger charge is 2.26. The van der Waals surface area contributed by atoms with Crippen LogP contribution in [-0.2, 0) is 22.5 Å². The van der Waals surface area contributed by atoms with E-state index in [9.17, 15) is 9.59 Å². The quantitative estimate of drug-likeness (QED) is 0.604. The highest BCUT2D eigenvalue weighted by molar-refractivity contribution is 7.16. The summed E-state index contributed by atoms with van der Waals surface area (Å²) in [5, 5.41) is 0. The number of rotatable bonds is 7. The van der Waals surface area contributed by atoms with Crippen LogP contribution in [0.2, 0.25) is 0 Å². The van der Waals surface area contributed by atoms with E-state index >= 15 is 0 Å². The summed E-state index contributed by atoms with van der Waals surface area (Å²) < 4.78 is 7.80. The number of fused-ring (bicyclic) bond motifs is 1. The molecule has 0 N–H and O–H groups in total. The molecule has 0 spiro atoms. The number of hydrogen-bond donors (Lipinski definition) is 0. The number of methoxy groups -OCH3 is 1. The first-order valence-corrected chi connectivity index (χ1v) is 10.3. The van der Waals surface area contributed by atoms with Crippen LogP contribution >= 0.6 is 11.3 Å². The van der Waals surface area contributed by atoms with Gasteiger partial charge in [0, 0.05) is 7.11 Å². The second kappa shape index (κ2) is 8.71. The third-order valence-corrected chi connectivity index (χ3v) is 5.89. The van der Waals surface area contributed by atoms with Gasteiger partial charge in [-0.25, -0.2) is 0 Å². The van der Waals surface area contributed by atoms with Gasteiger partial charge in [0.2, 0.25) is 5.91 Å². The minimum atomic E-state index is -0.149. The molecule has 0 bridgehead atoms. The lowest BCUT2D eigenvalue weighted by molar-refractivity contribution is -0.119. The van der Waals surface area contributed by atoms with Gasteiger partial charge in [-0.05, 0) is 43.5 Å². The number of carbonyl (C=O) groups excluding carboxylic acids is 1. The van der Waals surface area contributed by atoms with Crippen LogP contribution in [0.25, 0.3) is 10.2 Å². The van der Waals surface area contributed by atoms with Gasteiger partial charge in [0.25, 0.3) is 0 Å². The fraction of sp³-hybridized carbons (Fsp3) is 0.364. The normalized spacial score (nSPS) is 12.3. The molecule has 2 aromatic carbocycles. The van der Waals surface area contributed by atoms with E-state index < -0.39 is 0 Å². The van der Waals surface area contributed by atoms with Gasteiger partial charge in [0.15, 0.2) is 0 Å². The number of nitrogens with zero attached hydrogens (tertiary/aromatic N) is 2. The van der Waals surface area contributed by atoms with Crippen molar-refractivity contribution in [2.24, 2.45) is 0 Å². The summed E-state index contributed by atoms with van der Waals surface area (Å²) in [6.45, 7) is 6.50. The van der Waals surface area contributed by atoms with Crippen molar-refractivity contribution in [3.05, 3.63) is 63.3 Å². The van der Waals surface area contributed by atoms with Crippen LogP contribution in [0.3, 0.4) is 0 Å². The molecule has 1 unspecified atom stereocenters. The zero-order chi connectivity index (χ0) is 20.3. The van der Waals surface area contributed by atoms with Crippen molar-refractivity contribution in [2.75, 3.05) is 18.6 Å². The van der Waals surface area contributed by atoms with E-state index in [1.54, 1.807) is 16.6 Å². The molecule has 1 heterocycles. The summed E-state index contributed by atoms with van der Waals surface area (Å²) >= 11 is 1.17. The maximum absolute atomic E-state index is 13.5. The van der Waals surface area contributed by atoms with Crippen molar-refractivity contribution in [3.63, 3.8) is 0 Å². The lowest BCUT2D eigenvalue weighted by Crippen LogP contribution is -2.44. The van der Waals surface area contributed by atoms with Crippen LogP contribution < -0.4 is 9.77 Å². The molecular formula is C22H26N2O3S. The van der Waals surface area contributed by atoms with Crippen LogP contribution in [0.5, 0.6) is 0 Å². The van der Waals surface area contributed by atoms with Gasteiger partial charge in [0.1, 0.15) is 6.54 Å². The Morgan fingerprint density at radius 2 is 1.96 bits per heavy atom. The van der Waals surface area contributed by atoms with E-state index in [2.05, 4.69) is 6.92 Å². The largest absolute Gasteiger partial charge is 0.383 e. The number of ether oxygens (including phenoxy) is 1. The monoisotopic (exact) mass is 398 g/mol. The van der Waals surface area contributed by atoms with Crippen molar-refractivity contribution < 1.29 is 9.53 Å². The molecule has 1 aromatic heterocycles. The molecular weight excluding hydrogens is 372 g/mol. The molecule has 0 saturated heterocycles. The first kappa shape index (κ1) is 20.3. The van der Waals surface area contributed by atoms with Gasteiger partial charge in [-0.2, -0.15) is 0 Å². The Labute approximate surface area is 169 Å². The zero-order valence-corrected chi connectivity index (χ0v) is 17.6. The number of thiazole rings is 1. The number of hydrogen-bond acceptors (Lipinski definition) is 4. The molecule has 1 atom stereocenters. The number of amides is 1. The maximum Gasteiger partial charge on any atom is 0.308 e. The molecule has 0 aliphatic carbocycles. The summed E-state index contributed by atoms with van der Waals surface area (Å²) in [6, 6.07) is 13.5. The SMILES string of the molecule is CCc1cccc(C)c1N(C(=O)Cn1c(=O)sc2ccccc21)C(C)COC. The van der Waals surface area contributed by atoms with E-state index in [-0.39, 0.29) is 23.4 Å². The van der Waals surface area contributed by atoms with Crippen LogP contribution in [0, 0.1) is 6.92 Å². The minimum absolute atomic E-state index is 0.00832. The molecule has 0 aliphatic rings. The number of aromatic nitrogens is 1. The van der Waals surface area contributed by atoms with Gasteiger partial charge >= 0.3 is 4.87 Å². The molecule has 0 aliphatic heterocycles. The zero-order valence-electron chi connectivity index (χ0n) is 16.8. The maximum atomic E-state index is 13.5. The average molecular weight is 399 g/mol. The van der Waals surface area contributed by atoms with Crippen molar-refractivity contribution in [1.29, 1.82) is 0 Å². The minimum Gasteiger partial charge on any atom is -0.383 e. The van der Waals surface area contributed by atoms with Gasteiger partial charge in [-0.15, -0.1) is 0 Å². The summed E-state index contributed by atoms with van der Waals surface area (Å²) in [7, 11) is 1.63. The summed E-state index contributed by atoms with van der Waals surface area (Å²) in [5.41, 5.74) is 3.87. The number of para-hydroxylation sites is 2. The van der Waals surface area contributed by atoms with Crippen LogP contribution in [0.4, 0.5) is 5.69 Å². The van der Waals surface area contributed by atoms with E-state index in [0.717, 1.165) is 33.5 Å². The Balaban J connectivity index is 2.05. The Morgan fingerprint density at radius 1 is 1.21 bits per heavy atom. The highest BCUT2D eigenvalue weighted by Crippen LogP contribution is 2.28. The standard InChI is InChI=1S/C22H26N2O3S/c1-5-17-10-8-9-15(2)21(17)24(16(3)14-27-4)20(25)13-23-18-11-6-7-12-19(18)28-22(23)26/h6-12,16H,5,13-14H2,1-4H3. The third kappa shape index (κ3) is 3.88. The predicted molar refractivity (Wildman–Crippen MR) is 115 cm³/mol. The smallest absolute Gasteiger partial charge is 0.308 e. The Kier molecular flexibility index (Phi) is 6.31. The van der Waals surface area contributed by atoms with E-state index in [4.69, 9.17) is 4.74 Å². The average Bonchev–Trinajstić information content (AvgIpc) is 2.99. The molecule has 0 saturated carbocycles. The van der Waals surface area contributed by atoms with E-state index in [1.807, 2.05) is 56.3 Å². The molecule has 3 rings (SSSR count). The molecule has 5 nitrogen and oxygen atoms in total. The van der Waals surface area contributed by atoms with Crippen LogP contribution in [0.1, 0.15) is 25.0 Å². The highest BCUT2D eigenvalue weighted by atomic mass is 32.1. The number of carbonyl (C=O) groups is 1. The van der Waals surface area contributed by atoms with Crippen molar-refractivity contribution in [3.8, 4) is 0 Å².